The first-order valence-electron chi connectivity index (χ1n) is 9.02. The molecule has 0 aliphatic heterocycles. The van der Waals surface area contributed by atoms with Crippen LogP contribution in [0.1, 0.15) is 42.6 Å². The third kappa shape index (κ3) is 5.72. The van der Waals surface area contributed by atoms with E-state index >= 15 is 0 Å². The van der Waals surface area contributed by atoms with Gasteiger partial charge in [0.15, 0.2) is 17.3 Å². The molecule has 3 N–H and O–H groups in total. The van der Waals surface area contributed by atoms with Crippen molar-refractivity contribution in [2.75, 3.05) is 13.7 Å². The zero-order valence-electron chi connectivity index (χ0n) is 17.1. The summed E-state index contributed by atoms with van der Waals surface area (Å²) < 4.78 is 17.9. The van der Waals surface area contributed by atoms with Gasteiger partial charge in [-0.15, -0.1) is 0 Å². The van der Waals surface area contributed by atoms with Crippen molar-refractivity contribution in [3.05, 3.63) is 47.2 Å². The number of carbonyl (C=O) groups excluding carboxylic acids is 3. The Hall–Kier alpha value is -3.56. The van der Waals surface area contributed by atoms with E-state index in [1.165, 1.54) is 38.3 Å². The second kappa shape index (κ2) is 9.29. The molecule has 0 spiro atoms. The number of ether oxygens (including phenoxy) is 1. The lowest BCUT2D eigenvalue weighted by Crippen LogP contribution is -2.41. The standard InChI is InChI=1S/C20H23FN4O5/c1-11(26)25-20(2,3)19-23-15(16(28)18(24-19)30-4)17(29)22-10-14(27)9-12-5-7-13(21)8-6-12/h5-8,28H,9-10H2,1-4H3,(H,22,29)(H,25,26). The maximum Gasteiger partial charge on any atom is 0.274 e. The molecule has 2 amide bonds. The number of nitrogens with one attached hydrogen (secondary N) is 2. The van der Waals surface area contributed by atoms with Crippen molar-refractivity contribution >= 4 is 17.6 Å². The highest BCUT2D eigenvalue weighted by Crippen LogP contribution is 2.29. The predicted octanol–water partition coefficient (Wildman–Crippen LogP) is 1.24. The number of hydrogen-bond acceptors (Lipinski definition) is 7. The Labute approximate surface area is 172 Å². The quantitative estimate of drug-likeness (QED) is 0.588. The zero-order valence-corrected chi connectivity index (χ0v) is 17.1. The minimum absolute atomic E-state index is 0.000446. The van der Waals surface area contributed by atoms with Crippen LogP contribution in [0.5, 0.6) is 11.6 Å². The van der Waals surface area contributed by atoms with Gasteiger partial charge in [0.25, 0.3) is 11.8 Å². The monoisotopic (exact) mass is 418 g/mol. The summed E-state index contributed by atoms with van der Waals surface area (Å²) in [5, 5.41) is 15.3. The molecule has 10 heteroatoms. The molecule has 0 aliphatic rings. The van der Waals surface area contributed by atoms with E-state index in [0.29, 0.717) is 5.56 Å². The molecule has 160 valence electrons. The highest BCUT2D eigenvalue weighted by molar-refractivity contribution is 5.98. The van der Waals surface area contributed by atoms with Gasteiger partial charge in [0.2, 0.25) is 11.7 Å². The van der Waals surface area contributed by atoms with Crippen LogP contribution in [0.2, 0.25) is 0 Å². The van der Waals surface area contributed by atoms with Gasteiger partial charge in [-0.25, -0.2) is 9.37 Å². The summed E-state index contributed by atoms with van der Waals surface area (Å²) in [4.78, 5) is 44.2. The molecule has 0 saturated carbocycles. The van der Waals surface area contributed by atoms with Crippen LogP contribution in [0.25, 0.3) is 0 Å². The average molecular weight is 418 g/mol. The third-order valence-corrected chi connectivity index (χ3v) is 4.07. The fourth-order valence-corrected chi connectivity index (χ4v) is 2.67. The lowest BCUT2D eigenvalue weighted by molar-refractivity contribution is -0.120. The Morgan fingerprint density at radius 1 is 1.17 bits per heavy atom. The average Bonchev–Trinajstić information content (AvgIpc) is 2.67. The first kappa shape index (κ1) is 22.7. The molecule has 1 aromatic heterocycles. The van der Waals surface area contributed by atoms with Crippen molar-refractivity contribution in [1.82, 2.24) is 20.6 Å². The van der Waals surface area contributed by atoms with Crippen LogP contribution in [0.4, 0.5) is 4.39 Å². The first-order chi connectivity index (χ1) is 14.0. The molecule has 0 aliphatic carbocycles. The highest BCUT2D eigenvalue weighted by atomic mass is 19.1. The Kier molecular flexibility index (Phi) is 7.04. The summed E-state index contributed by atoms with van der Waals surface area (Å²) in [7, 11) is 1.26. The van der Waals surface area contributed by atoms with E-state index in [1.54, 1.807) is 13.8 Å². The van der Waals surface area contributed by atoms with Crippen molar-refractivity contribution in [3.8, 4) is 11.6 Å². The van der Waals surface area contributed by atoms with E-state index in [-0.39, 0.29) is 36.4 Å². The van der Waals surface area contributed by atoms with Gasteiger partial charge in [-0.3, -0.25) is 14.4 Å². The molecule has 0 atom stereocenters. The molecule has 2 rings (SSSR count). The van der Waals surface area contributed by atoms with Crippen LogP contribution in [0, 0.1) is 5.82 Å². The van der Waals surface area contributed by atoms with Crippen molar-refractivity contribution in [2.45, 2.75) is 32.7 Å². The summed E-state index contributed by atoms with van der Waals surface area (Å²) in [6.07, 6.45) is 0.000446. The third-order valence-electron chi connectivity index (χ3n) is 4.07. The van der Waals surface area contributed by atoms with E-state index in [0.717, 1.165) is 0 Å². The maximum atomic E-state index is 12.9. The van der Waals surface area contributed by atoms with E-state index < -0.39 is 28.7 Å². The van der Waals surface area contributed by atoms with Crippen molar-refractivity contribution in [3.63, 3.8) is 0 Å². The number of rotatable bonds is 8. The minimum atomic E-state index is -1.06. The number of carbonyl (C=O) groups is 3. The summed E-state index contributed by atoms with van der Waals surface area (Å²) in [5.41, 5.74) is -0.855. The number of nitrogens with zero attached hydrogens (tertiary/aromatic N) is 2. The number of ketones is 1. The van der Waals surface area contributed by atoms with Crippen LogP contribution < -0.4 is 15.4 Å². The Bertz CT molecular complexity index is 960. The Morgan fingerprint density at radius 3 is 2.37 bits per heavy atom. The van der Waals surface area contributed by atoms with Gasteiger partial charge in [-0.2, -0.15) is 4.98 Å². The molecule has 0 unspecified atom stereocenters. The van der Waals surface area contributed by atoms with Gasteiger partial charge in [0.1, 0.15) is 5.82 Å². The van der Waals surface area contributed by atoms with Crippen LogP contribution in [0.3, 0.4) is 0 Å². The summed E-state index contributed by atoms with van der Waals surface area (Å²) in [6, 6.07) is 5.44. The van der Waals surface area contributed by atoms with Gasteiger partial charge in [-0.05, 0) is 31.5 Å². The second-order valence-electron chi connectivity index (χ2n) is 7.08. The topological polar surface area (TPSA) is 131 Å². The lowest BCUT2D eigenvalue weighted by Gasteiger charge is -2.24. The maximum absolute atomic E-state index is 12.9. The molecular formula is C20H23FN4O5. The van der Waals surface area contributed by atoms with Gasteiger partial charge in [0.05, 0.1) is 19.2 Å². The van der Waals surface area contributed by atoms with E-state index in [9.17, 15) is 23.9 Å². The van der Waals surface area contributed by atoms with Crippen molar-refractivity contribution < 1.29 is 28.6 Å². The molecule has 30 heavy (non-hydrogen) atoms. The molecular weight excluding hydrogens is 395 g/mol. The van der Waals surface area contributed by atoms with Crippen LogP contribution in [0.15, 0.2) is 24.3 Å². The van der Waals surface area contributed by atoms with Crippen LogP contribution in [-0.2, 0) is 21.5 Å². The van der Waals surface area contributed by atoms with Crippen LogP contribution in [-0.4, -0.2) is 46.3 Å². The van der Waals surface area contributed by atoms with E-state index in [2.05, 4.69) is 20.6 Å². The van der Waals surface area contributed by atoms with E-state index in [4.69, 9.17) is 4.74 Å². The van der Waals surface area contributed by atoms with Crippen molar-refractivity contribution in [2.24, 2.45) is 0 Å². The van der Waals surface area contributed by atoms with Crippen LogP contribution >= 0.6 is 0 Å². The summed E-state index contributed by atoms with van der Waals surface area (Å²) in [5.74, 6) is -2.70. The fourth-order valence-electron chi connectivity index (χ4n) is 2.67. The molecule has 2 aromatic rings. The molecule has 0 radical (unpaired) electrons. The Morgan fingerprint density at radius 2 is 1.80 bits per heavy atom. The Balaban J connectivity index is 2.17. The fraction of sp³-hybridized carbons (Fsp3) is 0.350. The zero-order chi connectivity index (χ0) is 22.5. The molecule has 0 bridgehead atoms. The largest absolute Gasteiger partial charge is 0.501 e. The SMILES string of the molecule is COc1nc(C(C)(C)NC(C)=O)nc(C(=O)NCC(=O)Cc2ccc(F)cc2)c1O. The molecule has 9 nitrogen and oxygen atoms in total. The lowest BCUT2D eigenvalue weighted by atomic mass is 10.0. The molecule has 0 saturated heterocycles. The normalized spacial score (nSPS) is 11.0. The molecule has 0 fully saturated rings. The van der Waals surface area contributed by atoms with Gasteiger partial charge >= 0.3 is 0 Å². The number of benzene rings is 1. The second-order valence-corrected chi connectivity index (χ2v) is 7.08. The van der Waals surface area contributed by atoms with E-state index in [1.807, 2.05) is 0 Å². The first-order valence-corrected chi connectivity index (χ1v) is 9.02. The number of aromatic nitrogens is 2. The van der Waals surface area contributed by atoms with Gasteiger partial charge in [0, 0.05) is 13.3 Å². The number of amides is 2. The smallest absolute Gasteiger partial charge is 0.274 e. The minimum Gasteiger partial charge on any atom is -0.501 e. The highest BCUT2D eigenvalue weighted by Gasteiger charge is 2.30. The van der Waals surface area contributed by atoms with Gasteiger partial charge < -0.3 is 20.5 Å². The summed E-state index contributed by atoms with van der Waals surface area (Å²) >= 11 is 0. The molecule has 1 aromatic carbocycles. The van der Waals surface area contributed by atoms with Gasteiger partial charge in [-0.1, -0.05) is 12.1 Å². The molecule has 1 heterocycles. The predicted molar refractivity (Wildman–Crippen MR) is 105 cm³/mol. The summed E-state index contributed by atoms with van der Waals surface area (Å²) in [6.45, 7) is 4.23. The number of hydrogen-bond donors (Lipinski definition) is 3. The number of methoxy groups -OCH3 is 1. The number of halogens is 1. The number of Topliss-reactive ketones (excluding diaryl/α,β-unsaturated/α-hetero) is 1. The van der Waals surface area contributed by atoms with Crippen molar-refractivity contribution in [1.29, 1.82) is 0 Å². The number of aromatic hydroxyl groups is 1.